The molecule has 0 aliphatic carbocycles. The van der Waals surface area contributed by atoms with E-state index in [0.29, 0.717) is 17.2 Å². The lowest BCUT2D eigenvalue weighted by Crippen LogP contribution is -2.35. The van der Waals surface area contributed by atoms with E-state index in [0.717, 1.165) is 11.1 Å². The number of amides is 1. The standard InChI is InChI=1S/C21H19N3O5/c25-10-9-24(17-7-5-15(6-8-17)16-13-22-23-14-16)21(26)29-20(18-3-1-11-27-18)19-4-2-12-28-19/h1-8,11-14,20,25H,9-10H2,(H,22,23). The van der Waals surface area contributed by atoms with Gasteiger partial charge in [-0.3, -0.25) is 10.00 Å². The molecule has 0 bridgehead atoms. The Kier molecular flexibility index (Phi) is 5.44. The number of nitrogens with one attached hydrogen (secondary N) is 1. The van der Waals surface area contributed by atoms with Crippen LogP contribution in [0.3, 0.4) is 0 Å². The number of anilines is 1. The Morgan fingerprint density at radius 1 is 1.07 bits per heavy atom. The fourth-order valence-electron chi connectivity index (χ4n) is 2.97. The lowest BCUT2D eigenvalue weighted by atomic mass is 10.1. The normalized spacial score (nSPS) is 11.0. The van der Waals surface area contributed by atoms with Crippen LogP contribution in [0, 0.1) is 0 Å². The van der Waals surface area contributed by atoms with Gasteiger partial charge in [-0.2, -0.15) is 5.10 Å². The molecule has 0 radical (unpaired) electrons. The van der Waals surface area contributed by atoms with E-state index in [1.54, 1.807) is 48.8 Å². The highest BCUT2D eigenvalue weighted by Gasteiger charge is 2.27. The molecule has 0 spiro atoms. The first-order chi connectivity index (χ1) is 14.3. The van der Waals surface area contributed by atoms with Crippen molar-refractivity contribution in [3.63, 3.8) is 0 Å². The second-order valence-corrected chi connectivity index (χ2v) is 6.20. The van der Waals surface area contributed by atoms with Crippen LogP contribution in [0.4, 0.5) is 10.5 Å². The molecule has 148 valence electrons. The van der Waals surface area contributed by atoms with Crippen molar-refractivity contribution in [1.29, 1.82) is 0 Å². The molecule has 2 N–H and O–H groups in total. The Hall–Kier alpha value is -3.78. The Labute approximate surface area is 166 Å². The minimum Gasteiger partial charge on any atom is -0.465 e. The minimum absolute atomic E-state index is 0.0763. The molecule has 0 saturated heterocycles. The highest BCUT2D eigenvalue weighted by atomic mass is 16.6. The fraction of sp³-hybridized carbons (Fsp3) is 0.143. The molecule has 0 unspecified atom stereocenters. The Morgan fingerprint density at radius 2 is 1.76 bits per heavy atom. The summed E-state index contributed by atoms with van der Waals surface area (Å²) in [6.45, 7) is -0.141. The van der Waals surface area contributed by atoms with Crippen LogP contribution in [0.1, 0.15) is 17.6 Å². The van der Waals surface area contributed by atoms with Gasteiger partial charge in [-0.15, -0.1) is 0 Å². The number of furan rings is 2. The van der Waals surface area contributed by atoms with Crippen LogP contribution < -0.4 is 4.90 Å². The first kappa shape index (κ1) is 18.6. The summed E-state index contributed by atoms with van der Waals surface area (Å²) in [6.07, 6.45) is 5.03. The number of H-pyrrole nitrogens is 1. The van der Waals surface area contributed by atoms with Crippen molar-refractivity contribution in [1.82, 2.24) is 10.2 Å². The van der Waals surface area contributed by atoms with E-state index in [1.165, 1.54) is 17.4 Å². The molecule has 4 aromatic rings. The molecule has 1 aromatic carbocycles. The molecule has 29 heavy (non-hydrogen) atoms. The van der Waals surface area contributed by atoms with E-state index < -0.39 is 12.2 Å². The van der Waals surface area contributed by atoms with E-state index >= 15 is 0 Å². The van der Waals surface area contributed by atoms with Gasteiger partial charge in [-0.25, -0.2) is 4.79 Å². The van der Waals surface area contributed by atoms with Crippen molar-refractivity contribution in [2.75, 3.05) is 18.1 Å². The van der Waals surface area contributed by atoms with Crippen molar-refractivity contribution >= 4 is 11.8 Å². The van der Waals surface area contributed by atoms with Gasteiger partial charge in [0.05, 0.1) is 31.9 Å². The first-order valence-electron chi connectivity index (χ1n) is 9.01. The van der Waals surface area contributed by atoms with Crippen molar-refractivity contribution in [2.45, 2.75) is 6.10 Å². The van der Waals surface area contributed by atoms with E-state index in [2.05, 4.69) is 10.2 Å². The summed E-state index contributed by atoms with van der Waals surface area (Å²) in [5.41, 5.74) is 2.47. The van der Waals surface area contributed by atoms with Crippen LogP contribution in [0.2, 0.25) is 0 Å². The van der Waals surface area contributed by atoms with Crippen molar-refractivity contribution in [3.8, 4) is 11.1 Å². The van der Waals surface area contributed by atoms with Gasteiger partial charge in [0.2, 0.25) is 6.10 Å². The molecule has 0 atom stereocenters. The predicted octanol–water partition coefficient (Wildman–Crippen LogP) is 3.99. The number of hydrogen-bond acceptors (Lipinski definition) is 6. The maximum Gasteiger partial charge on any atom is 0.415 e. The molecule has 0 aliphatic heterocycles. The van der Waals surface area contributed by atoms with Crippen LogP contribution in [0.25, 0.3) is 11.1 Å². The summed E-state index contributed by atoms with van der Waals surface area (Å²) < 4.78 is 16.5. The summed E-state index contributed by atoms with van der Waals surface area (Å²) in [7, 11) is 0. The third kappa shape index (κ3) is 4.07. The highest BCUT2D eigenvalue weighted by molar-refractivity contribution is 5.88. The summed E-state index contributed by atoms with van der Waals surface area (Å²) >= 11 is 0. The number of rotatable bonds is 7. The molecule has 0 saturated carbocycles. The monoisotopic (exact) mass is 393 g/mol. The number of hydrogen-bond donors (Lipinski definition) is 2. The summed E-state index contributed by atoms with van der Waals surface area (Å²) in [5.74, 6) is 0.875. The molecule has 0 fully saturated rings. The average molecular weight is 393 g/mol. The number of benzene rings is 1. The van der Waals surface area contributed by atoms with Gasteiger partial charge in [-0.05, 0) is 42.0 Å². The largest absolute Gasteiger partial charge is 0.465 e. The molecule has 8 heteroatoms. The van der Waals surface area contributed by atoms with Gasteiger partial charge >= 0.3 is 6.09 Å². The van der Waals surface area contributed by atoms with Gasteiger partial charge in [0.15, 0.2) is 11.5 Å². The molecule has 4 rings (SSSR count). The quantitative estimate of drug-likeness (QED) is 0.492. The van der Waals surface area contributed by atoms with E-state index in [4.69, 9.17) is 13.6 Å². The molecule has 0 aliphatic rings. The zero-order valence-corrected chi connectivity index (χ0v) is 15.4. The average Bonchev–Trinajstić information content (AvgIpc) is 3.53. The van der Waals surface area contributed by atoms with Gasteiger partial charge in [0.25, 0.3) is 0 Å². The van der Waals surface area contributed by atoms with E-state index in [1.807, 2.05) is 12.1 Å². The number of carbonyl (C=O) groups is 1. The zero-order chi connectivity index (χ0) is 20.1. The third-order valence-corrected chi connectivity index (χ3v) is 4.38. The maximum atomic E-state index is 12.9. The third-order valence-electron chi connectivity index (χ3n) is 4.38. The predicted molar refractivity (Wildman–Crippen MR) is 104 cm³/mol. The SMILES string of the molecule is O=C(OC(c1ccco1)c1ccco1)N(CCO)c1ccc(-c2cn[nH]c2)cc1. The fourth-order valence-corrected chi connectivity index (χ4v) is 2.97. The zero-order valence-electron chi connectivity index (χ0n) is 15.4. The Balaban J connectivity index is 1.56. The smallest absolute Gasteiger partial charge is 0.415 e. The second-order valence-electron chi connectivity index (χ2n) is 6.20. The lowest BCUT2D eigenvalue weighted by Gasteiger charge is -2.24. The number of carbonyl (C=O) groups excluding carboxylic acids is 1. The first-order valence-corrected chi connectivity index (χ1v) is 9.01. The lowest BCUT2D eigenvalue weighted by molar-refractivity contribution is 0.0985. The van der Waals surface area contributed by atoms with Gasteiger partial charge in [0.1, 0.15) is 0 Å². The number of aromatic nitrogens is 2. The van der Waals surface area contributed by atoms with Crippen molar-refractivity contribution < 1.29 is 23.5 Å². The van der Waals surface area contributed by atoms with Crippen LogP contribution in [-0.2, 0) is 4.74 Å². The topological polar surface area (TPSA) is 105 Å². The number of aliphatic hydroxyl groups excluding tert-OH is 1. The Morgan fingerprint density at radius 3 is 2.28 bits per heavy atom. The molecular weight excluding hydrogens is 374 g/mol. The number of ether oxygens (including phenoxy) is 1. The Bertz CT molecular complexity index is 975. The minimum atomic E-state index is -0.834. The van der Waals surface area contributed by atoms with E-state index in [9.17, 15) is 9.90 Å². The molecule has 3 heterocycles. The molecule has 8 nitrogen and oxygen atoms in total. The van der Waals surface area contributed by atoms with Gasteiger partial charge < -0.3 is 18.7 Å². The molecule has 1 amide bonds. The van der Waals surface area contributed by atoms with E-state index in [-0.39, 0.29) is 13.2 Å². The van der Waals surface area contributed by atoms with Gasteiger partial charge in [0, 0.05) is 17.4 Å². The number of nitrogens with zero attached hydrogens (tertiary/aromatic N) is 2. The molecular formula is C21H19N3O5. The molecule has 3 aromatic heterocycles. The summed E-state index contributed by atoms with van der Waals surface area (Å²) in [4.78, 5) is 14.3. The number of aliphatic hydroxyl groups is 1. The van der Waals surface area contributed by atoms with Crippen LogP contribution >= 0.6 is 0 Å². The van der Waals surface area contributed by atoms with Crippen molar-refractivity contribution in [2.24, 2.45) is 0 Å². The summed E-state index contributed by atoms with van der Waals surface area (Å²) in [5, 5.41) is 16.2. The summed E-state index contributed by atoms with van der Waals surface area (Å²) in [6, 6.07) is 14.1. The number of aromatic amines is 1. The van der Waals surface area contributed by atoms with Crippen LogP contribution in [0.5, 0.6) is 0 Å². The van der Waals surface area contributed by atoms with Crippen LogP contribution in [0.15, 0.2) is 82.3 Å². The van der Waals surface area contributed by atoms with Gasteiger partial charge in [-0.1, -0.05) is 12.1 Å². The second kappa shape index (κ2) is 8.49. The maximum absolute atomic E-state index is 12.9. The van der Waals surface area contributed by atoms with Crippen LogP contribution in [-0.4, -0.2) is 34.5 Å². The van der Waals surface area contributed by atoms with Crippen molar-refractivity contribution in [3.05, 3.63) is 85.0 Å². The highest BCUT2D eigenvalue weighted by Crippen LogP contribution is 2.29.